The van der Waals surface area contributed by atoms with Crippen LogP contribution in [0.25, 0.3) is 0 Å². The molecule has 3 saturated carbocycles. The van der Waals surface area contributed by atoms with E-state index in [1.54, 1.807) is 32.7 Å². The summed E-state index contributed by atoms with van der Waals surface area (Å²) in [6.45, 7) is 14.0. The van der Waals surface area contributed by atoms with Gasteiger partial charge < -0.3 is 36.2 Å². The van der Waals surface area contributed by atoms with Gasteiger partial charge in [-0.3, -0.25) is 19.2 Å². The minimum atomic E-state index is -1.09. The molecule has 0 bridgehead atoms. The van der Waals surface area contributed by atoms with Crippen LogP contribution in [0, 0.1) is 35.0 Å². The lowest BCUT2D eigenvalue weighted by molar-refractivity contribution is -0.144. The molecule has 49 heavy (non-hydrogen) atoms. The Morgan fingerprint density at radius 1 is 0.939 bits per heavy atom. The number of fused-ring (bicyclic) bond motifs is 1. The second-order valence-electron chi connectivity index (χ2n) is 16.9. The van der Waals surface area contributed by atoms with Crippen LogP contribution in [-0.2, 0) is 23.9 Å². The number of rotatable bonds is 13. The normalized spacial score (nSPS) is 25.2. The Labute approximate surface area is 291 Å². The predicted molar refractivity (Wildman–Crippen MR) is 184 cm³/mol. The Morgan fingerprint density at radius 2 is 1.57 bits per heavy atom. The molecule has 1 heterocycles. The Hall–Kier alpha value is -3.38. The lowest BCUT2D eigenvalue weighted by Gasteiger charge is -2.38. The number of likely N-dealkylation sites (tertiary alicyclic amines) is 1. The maximum atomic E-state index is 14.5. The molecule has 5 N–H and O–H groups in total. The van der Waals surface area contributed by atoms with Crippen LogP contribution in [-0.4, -0.2) is 95.3 Å². The van der Waals surface area contributed by atoms with E-state index in [4.69, 9.17) is 10.5 Å². The fourth-order valence-corrected chi connectivity index (χ4v) is 8.05. The van der Waals surface area contributed by atoms with Gasteiger partial charge >= 0.3 is 12.1 Å². The highest BCUT2D eigenvalue weighted by molar-refractivity contribution is 6.37. The lowest BCUT2D eigenvalue weighted by atomic mass is 9.80. The van der Waals surface area contributed by atoms with Crippen LogP contribution in [0.4, 0.5) is 9.59 Å². The van der Waals surface area contributed by atoms with E-state index in [1.165, 1.54) is 4.90 Å². The third-order valence-electron chi connectivity index (χ3n) is 11.4. The van der Waals surface area contributed by atoms with Crippen molar-refractivity contribution in [2.45, 2.75) is 136 Å². The number of ether oxygens (including phenoxy) is 1. The van der Waals surface area contributed by atoms with Crippen LogP contribution in [0.1, 0.15) is 106 Å². The first-order valence-electron chi connectivity index (χ1n) is 18.3. The molecule has 4 aliphatic rings. The molecule has 1 unspecified atom stereocenters. The van der Waals surface area contributed by atoms with E-state index in [0.29, 0.717) is 13.0 Å². The second kappa shape index (κ2) is 15.2. The molecule has 0 spiro atoms. The van der Waals surface area contributed by atoms with E-state index < -0.39 is 59.5 Å². The number of Topliss-reactive ketones (excluding diaryl/α,β-unsaturated/α-hetero) is 1. The average Bonchev–Trinajstić information content (AvgIpc) is 3.31. The first-order chi connectivity index (χ1) is 22.8. The van der Waals surface area contributed by atoms with Crippen molar-refractivity contribution in [2.24, 2.45) is 40.7 Å². The molecule has 13 nitrogen and oxygen atoms in total. The van der Waals surface area contributed by atoms with Gasteiger partial charge in [-0.15, -0.1) is 0 Å². The summed E-state index contributed by atoms with van der Waals surface area (Å²) in [5.41, 5.74) is 4.53. The third kappa shape index (κ3) is 9.25. The fraction of sp³-hybridized carbons (Fsp3) is 0.833. The van der Waals surface area contributed by atoms with Crippen LogP contribution in [0.15, 0.2) is 0 Å². The molecule has 6 amide bonds. The van der Waals surface area contributed by atoms with Crippen molar-refractivity contribution in [2.75, 3.05) is 20.1 Å². The molecule has 0 aromatic carbocycles. The minimum absolute atomic E-state index is 0.0311. The zero-order valence-electron chi connectivity index (χ0n) is 30.8. The topological polar surface area (TPSA) is 180 Å². The molecule has 6 atom stereocenters. The first-order valence-corrected chi connectivity index (χ1v) is 18.3. The molecule has 4 fully saturated rings. The summed E-state index contributed by atoms with van der Waals surface area (Å²) in [4.78, 5) is 82.6. The minimum Gasteiger partial charge on any atom is -0.444 e. The lowest BCUT2D eigenvalue weighted by Crippen LogP contribution is -2.61. The van der Waals surface area contributed by atoms with Gasteiger partial charge in [0.15, 0.2) is 0 Å². The van der Waals surface area contributed by atoms with Gasteiger partial charge in [0, 0.05) is 20.1 Å². The van der Waals surface area contributed by atoms with Gasteiger partial charge in [-0.1, -0.05) is 66.2 Å². The number of urea groups is 1. The maximum Gasteiger partial charge on any atom is 0.410 e. The van der Waals surface area contributed by atoms with Gasteiger partial charge in [0.1, 0.15) is 17.7 Å². The number of nitrogens with zero attached hydrogens (tertiary/aromatic N) is 2. The first kappa shape index (κ1) is 38.4. The number of hydrogen-bond donors (Lipinski definition) is 4. The van der Waals surface area contributed by atoms with Crippen LogP contribution < -0.4 is 21.7 Å². The number of carbonyl (C=O) groups is 6. The molecule has 0 aromatic rings. The molecule has 0 radical (unpaired) electrons. The van der Waals surface area contributed by atoms with Crippen LogP contribution in [0.2, 0.25) is 0 Å². The summed E-state index contributed by atoms with van der Waals surface area (Å²) in [7, 11) is 1.62. The SMILES string of the molecule is CC(C)[C@@H](CN(C)C(=O)OC(C)(C)C)NC(=O)N[C@H](C(=O)N1C[C@H]2[C@@H]([C@H]1C(=O)NC(CC1CCC1)C(=O)C(N)=O)C2(C)C)C1CCCCC1. The zero-order valence-corrected chi connectivity index (χ0v) is 30.8. The number of hydrogen-bond acceptors (Lipinski definition) is 7. The summed E-state index contributed by atoms with van der Waals surface area (Å²) >= 11 is 0. The molecular weight excluding hydrogens is 628 g/mol. The summed E-state index contributed by atoms with van der Waals surface area (Å²) in [6, 6.07) is -3.66. The Bertz CT molecular complexity index is 1270. The van der Waals surface area contributed by atoms with Gasteiger partial charge in [0.05, 0.1) is 12.1 Å². The van der Waals surface area contributed by atoms with Crippen LogP contribution >= 0.6 is 0 Å². The third-order valence-corrected chi connectivity index (χ3v) is 11.4. The Morgan fingerprint density at radius 3 is 2.10 bits per heavy atom. The van der Waals surface area contributed by atoms with E-state index in [1.807, 2.05) is 13.8 Å². The van der Waals surface area contributed by atoms with Gasteiger partial charge in [0.2, 0.25) is 17.6 Å². The van der Waals surface area contributed by atoms with Crippen molar-refractivity contribution < 1.29 is 33.5 Å². The number of likely N-dealkylation sites (N-methyl/N-ethyl adjacent to an activating group) is 1. The molecule has 276 valence electrons. The number of ketones is 1. The number of amides is 6. The van der Waals surface area contributed by atoms with Gasteiger partial charge in [-0.05, 0) is 75.0 Å². The van der Waals surface area contributed by atoms with Gasteiger partial charge in [-0.25, -0.2) is 9.59 Å². The number of primary amides is 1. The van der Waals surface area contributed by atoms with E-state index in [9.17, 15) is 28.8 Å². The molecule has 0 aromatic heterocycles. The maximum absolute atomic E-state index is 14.5. The summed E-state index contributed by atoms with van der Waals surface area (Å²) in [6.07, 6.45) is 7.21. The van der Waals surface area contributed by atoms with Crippen molar-refractivity contribution in [1.82, 2.24) is 25.8 Å². The predicted octanol–water partition coefficient (Wildman–Crippen LogP) is 3.34. The number of nitrogens with two attached hydrogens (primary N) is 1. The highest BCUT2D eigenvalue weighted by Crippen LogP contribution is 2.65. The largest absolute Gasteiger partial charge is 0.444 e. The van der Waals surface area contributed by atoms with E-state index in [2.05, 4.69) is 29.8 Å². The quantitative estimate of drug-likeness (QED) is 0.214. The zero-order chi connectivity index (χ0) is 36.4. The number of carbonyl (C=O) groups excluding carboxylic acids is 6. The van der Waals surface area contributed by atoms with Crippen molar-refractivity contribution in [1.29, 1.82) is 0 Å². The highest BCUT2D eigenvalue weighted by atomic mass is 16.6. The Kier molecular flexibility index (Phi) is 12.0. The van der Waals surface area contributed by atoms with Crippen molar-refractivity contribution in [3.8, 4) is 0 Å². The molecule has 1 aliphatic heterocycles. The molecule has 1 saturated heterocycles. The smallest absolute Gasteiger partial charge is 0.410 e. The summed E-state index contributed by atoms with van der Waals surface area (Å²) in [5.74, 6) is -2.59. The van der Waals surface area contributed by atoms with Crippen molar-refractivity contribution in [3.63, 3.8) is 0 Å². The fourth-order valence-electron chi connectivity index (χ4n) is 8.05. The molecule has 3 aliphatic carbocycles. The van der Waals surface area contributed by atoms with E-state index in [0.717, 1.165) is 51.4 Å². The molecule has 13 heteroatoms. The van der Waals surface area contributed by atoms with E-state index in [-0.39, 0.29) is 47.5 Å². The summed E-state index contributed by atoms with van der Waals surface area (Å²) < 4.78 is 5.48. The average molecular weight is 689 g/mol. The van der Waals surface area contributed by atoms with Crippen molar-refractivity contribution in [3.05, 3.63) is 0 Å². The van der Waals surface area contributed by atoms with Crippen LogP contribution in [0.5, 0.6) is 0 Å². The monoisotopic (exact) mass is 688 g/mol. The molecule has 4 rings (SSSR count). The van der Waals surface area contributed by atoms with Crippen molar-refractivity contribution >= 4 is 35.6 Å². The van der Waals surface area contributed by atoms with Gasteiger partial charge in [0.25, 0.3) is 5.91 Å². The van der Waals surface area contributed by atoms with E-state index >= 15 is 0 Å². The second-order valence-corrected chi connectivity index (χ2v) is 16.9. The highest BCUT2D eigenvalue weighted by Gasteiger charge is 2.69. The number of nitrogens with one attached hydrogen (secondary N) is 3. The van der Waals surface area contributed by atoms with Gasteiger partial charge in [-0.2, -0.15) is 0 Å². The Balaban J connectivity index is 1.51. The standard InChI is InChI=1S/C36H60N6O7/c1-20(2)25(19-41(8)34(48)49-35(3,4)5)39-33(47)40-27(22-15-10-9-11-16-22)32(46)42-18-23-26(36(23,6)7)28(42)31(45)38-24(29(43)30(37)44)17-21-13-12-14-21/h20-28H,9-19H2,1-8H3,(H2,37,44)(H,38,45)(H2,39,40,47)/t23-,24?,25+,26-,27-,28-/m0/s1. The summed E-state index contributed by atoms with van der Waals surface area (Å²) in [5, 5.41) is 8.82. The molecular formula is C36H60N6O7. The number of piperidine rings is 1. The van der Waals surface area contributed by atoms with Crippen LogP contribution in [0.3, 0.4) is 0 Å².